The molecule has 3 N–H and O–H groups in total. The van der Waals surface area contributed by atoms with Crippen molar-refractivity contribution in [2.75, 3.05) is 31.2 Å². The van der Waals surface area contributed by atoms with E-state index < -0.39 is 0 Å². The smallest absolute Gasteiger partial charge is 0.106 e. The number of ether oxygens (including phenoxy) is 1. The Kier molecular flexibility index (Phi) is 4.55. The number of morpholine rings is 1. The van der Waals surface area contributed by atoms with Gasteiger partial charge in [0.2, 0.25) is 0 Å². The van der Waals surface area contributed by atoms with Crippen LogP contribution in [0, 0.1) is 0 Å². The molecule has 1 heterocycles. The molecule has 0 radical (unpaired) electrons. The van der Waals surface area contributed by atoms with Crippen molar-refractivity contribution in [1.82, 2.24) is 0 Å². The highest BCUT2D eigenvalue weighted by atomic mass is 79.9. The minimum atomic E-state index is -0.151. The second kappa shape index (κ2) is 5.97. The number of anilines is 1. The number of hydrogen-bond acceptors (Lipinski definition) is 4. The van der Waals surface area contributed by atoms with Gasteiger partial charge in [-0.2, -0.15) is 0 Å². The van der Waals surface area contributed by atoms with Crippen molar-refractivity contribution in [1.29, 1.82) is 0 Å². The normalized spacial score (nSPS) is 19.9. The van der Waals surface area contributed by atoms with Crippen molar-refractivity contribution in [3.05, 3.63) is 28.2 Å². The second-order valence-corrected chi connectivity index (χ2v) is 5.50. The van der Waals surface area contributed by atoms with Crippen molar-refractivity contribution in [2.24, 2.45) is 5.73 Å². The van der Waals surface area contributed by atoms with Crippen LogP contribution in [0.1, 0.15) is 5.56 Å². The third-order valence-electron chi connectivity index (χ3n) is 2.91. The fourth-order valence-electron chi connectivity index (χ4n) is 2.03. The standard InChI is InChI=1S/C12H15BrN2O2S/c13-8-1-2-11(10(5-8)12(14)18)15-3-4-17-9(6-15)7-16/h1-2,5,9,16H,3-4,6-7H2,(H2,14,18). The maximum absolute atomic E-state index is 9.17. The fourth-order valence-corrected chi connectivity index (χ4v) is 2.55. The first-order chi connectivity index (χ1) is 8.61. The molecule has 1 fully saturated rings. The van der Waals surface area contributed by atoms with E-state index in [9.17, 15) is 0 Å². The summed E-state index contributed by atoms with van der Waals surface area (Å²) >= 11 is 8.50. The topological polar surface area (TPSA) is 58.7 Å². The zero-order chi connectivity index (χ0) is 13.1. The lowest BCUT2D eigenvalue weighted by Crippen LogP contribution is -2.44. The molecule has 1 aliphatic heterocycles. The summed E-state index contributed by atoms with van der Waals surface area (Å²) in [6, 6.07) is 5.86. The van der Waals surface area contributed by atoms with Gasteiger partial charge in [-0.15, -0.1) is 0 Å². The van der Waals surface area contributed by atoms with Crippen LogP contribution in [0.15, 0.2) is 22.7 Å². The monoisotopic (exact) mass is 330 g/mol. The van der Waals surface area contributed by atoms with Gasteiger partial charge >= 0.3 is 0 Å². The lowest BCUT2D eigenvalue weighted by molar-refractivity contribution is 0.00356. The van der Waals surface area contributed by atoms with Crippen molar-refractivity contribution >= 4 is 38.8 Å². The number of thiocarbonyl (C=S) groups is 1. The molecule has 0 bridgehead atoms. The Morgan fingerprint density at radius 1 is 1.61 bits per heavy atom. The molecule has 1 unspecified atom stereocenters. The number of rotatable bonds is 3. The average Bonchev–Trinajstić information content (AvgIpc) is 2.38. The molecule has 0 aromatic heterocycles. The highest BCUT2D eigenvalue weighted by Crippen LogP contribution is 2.26. The van der Waals surface area contributed by atoms with Crippen molar-refractivity contribution < 1.29 is 9.84 Å². The molecule has 6 heteroatoms. The van der Waals surface area contributed by atoms with Crippen LogP contribution >= 0.6 is 28.1 Å². The molecule has 0 spiro atoms. The van der Waals surface area contributed by atoms with E-state index in [1.165, 1.54) is 0 Å². The number of nitrogens with zero attached hydrogens (tertiary/aromatic N) is 1. The molecule has 0 aliphatic carbocycles. The molecule has 2 rings (SSSR count). The molecule has 0 amide bonds. The Morgan fingerprint density at radius 2 is 2.39 bits per heavy atom. The summed E-state index contributed by atoms with van der Waals surface area (Å²) in [6.45, 7) is 2.04. The van der Waals surface area contributed by atoms with Crippen LogP contribution in [-0.2, 0) is 4.74 Å². The maximum Gasteiger partial charge on any atom is 0.106 e. The average molecular weight is 331 g/mol. The van der Waals surface area contributed by atoms with Gasteiger partial charge in [0.25, 0.3) is 0 Å². The quantitative estimate of drug-likeness (QED) is 0.817. The molecule has 0 saturated carbocycles. The van der Waals surface area contributed by atoms with E-state index in [1.54, 1.807) is 0 Å². The molecule has 1 saturated heterocycles. The number of benzene rings is 1. The predicted octanol–water partition coefficient (Wildman–Crippen LogP) is 1.28. The highest BCUT2D eigenvalue weighted by Gasteiger charge is 2.22. The summed E-state index contributed by atoms with van der Waals surface area (Å²) in [5.41, 5.74) is 7.60. The number of aliphatic hydroxyl groups is 1. The Hall–Kier alpha value is -0.690. The predicted molar refractivity (Wildman–Crippen MR) is 79.1 cm³/mol. The summed E-state index contributed by atoms with van der Waals surface area (Å²) < 4.78 is 6.38. The van der Waals surface area contributed by atoms with Crippen LogP contribution in [0.5, 0.6) is 0 Å². The molecule has 1 aliphatic rings. The first kappa shape index (κ1) is 13.7. The molecule has 1 aromatic carbocycles. The molecule has 18 heavy (non-hydrogen) atoms. The van der Waals surface area contributed by atoms with E-state index in [4.69, 9.17) is 27.8 Å². The molecule has 1 atom stereocenters. The summed E-state index contributed by atoms with van der Waals surface area (Å²) in [5.74, 6) is 0. The van der Waals surface area contributed by atoms with Crippen molar-refractivity contribution in [3.63, 3.8) is 0 Å². The van der Waals surface area contributed by atoms with Crippen LogP contribution in [0.25, 0.3) is 0 Å². The van der Waals surface area contributed by atoms with Crippen LogP contribution in [0.2, 0.25) is 0 Å². The van der Waals surface area contributed by atoms with Crippen LogP contribution in [0.3, 0.4) is 0 Å². The van der Waals surface area contributed by atoms with E-state index in [0.29, 0.717) is 18.1 Å². The minimum Gasteiger partial charge on any atom is -0.394 e. The maximum atomic E-state index is 9.17. The number of halogens is 1. The van der Waals surface area contributed by atoms with Crippen LogP contribution in [-0.4, -0.2) is 42.5 Å². The Balaban J connectivity index is 2.29. The molecule has 4 nitrogen and oxygen atoms in total. The molecular formula is C12H15BrN2O2S. The van der Waals surface area contributed by atoms with Crippen molar-refractivity contribution in [3.8, 4) is 0 Å². The van der Waals surface area contributed by atoms with Gasteiger partial charge in [0.15, 0.2) is 0 Å². The third kappa shape index (κ3) is 3.00. The molecule has 98 valence electrons. The van der Waals surface area contributed by atoms with E-state index in [2.05, 4.69) is 20.8 Å². The zero-order valence-electron chi connectivity index (χ0n) is 9.80. The van der Waals surface area contributed by atoms with E-state index >= 15 is 0 Å². The highest BCUT2D eigenvalue weighted by molar-refractivity contribution is 9.10. The third-order valence-corrected chi connectivity index (χ3v) is 3.62. The fraction of sp³-hybridized carbons (Fsp3) is 0.417. The number of nitrogens with two attached hydrogens (primary N) is 1. The largest absolute Gasteiger partial charge is 0.394 e. The van der Waals surface area contributed by atoms with E-state index in [-0.39, 0.29) is 12.7 Å². The molecule has 1 aromatic rings. The van der Waals surface area contributed by atoms with Gasteiger partial charge in [-0.3, -0.25) is 0 Å². The molecular weight excluding hydrogens is 316 g/mol. The number of hydrogen-bond donors (Lipinski definition) is 2. The van der Waals surface area contributed by atoms with Gasteiger partial charge < -0.3 is 20.5 Å². The van der Waals surface area contributed by atoms with Crippen LogP contribution < -0.4 is 10.6 Å². The Morgan fingerprint density at radius 3 is 3.06 bits per heavy atom. The second-order valence-electron chi connectivity index (χ2n) is 4.15. The van der Waals surface area contributed by atoms with Crippen LogP contribution in [0.4, 0.5) is 5.69 Å². The van der Waals surface area contributed by atoms with Gasteiger partial charge in [-0.1, -0.05) is 28.1 Å². The Bertz CT molecular complexity index is 456. The van der Waals surface area contributed by atoms with Gasteiger partial charge in [0.05, 0.1) is 19.3 Å². The van der Waals surface area contributed by atoms with Crippen molar-refractivity contribution in [2.45, 2.75) is 6.10 Å². The van der Waals surface area contributed by atoms with Gasteiger partial charge in [0, 0.05) is 28.8 Å². The summed E-state index contributed by atoms with van der Waals surface area (Å²) in [7, 11) is 0. The lowest BCUT2D eigenvalue weighted by Gasteiger charge is -2.34. The summed E-state index contributed by atoms with van der Waals surface area (Å²) in [4.78, 5) is 2.52. The zero-order valence-corrected chi connectivity index (χ0v) is 12.2. The summed E-state index contributed by atoms with van der Waals surface area (Å²) in [5, 5.41) is 9.17. The minimum absolute atomic E-state index is 0.0232. The van der Waals surface area contributed by atoms with Gasteiger partial charge in [-0.25, -0.2) is 0 Å². The Labute approximate surface area is 120 Å². The first-order valence-corrected chi connectivity index (χ1v) is 6.88. The van der Waals surface area contributed by atoms with E-state index in [1.807, 2.05) is 18.2 Å². The SMILES string of the molecule is NC(=S)c1cc(Br)ccc1N1CCOC(CO)C1. The van der Waals surface area contributed by atoms with Gasteiger partial charge in [-0.05, 0) is 18.2 Å². The van der Waals surface area contributed by atoms with Gasteiger partial charge in [0.1, 0.15) is 4.99 Å². The number of aliphatic hydroxyl groups excluding tert-OH is 1. The van der Waals surface area contributed by atoms with E-state index in [0.717, 1.165) is 22.3 Å². The lowest BCUT2D eigenvalue weighted by atomic mass is 10.1. The first-order valence-electron chi connectivity index (χ1n) is 5.68. The summed E-state index contributed by atoms with van der Waals surface area (Å²) in [6.07, 6.45) is -0.151.